The number of nitrogens with one attached hydrogen (secondary N) is 2. The van der Waals surface area contributed by atoms with E-state index in [1.54, 1.807) is 0 Å². The molecular weight excluding hydrogens is 415 g/mol. The average molecular weight is 446 g/mol. The van der Waals surface area contributed by atoms with E-state index in [0.29, 0.717) is 19.1 Å². The van der Waals surface area contributed by atoms with Crippen molar-refractivity contribution in [3.8, 4) is 5.75 Å². The summed E-state index contributed by atoms with van der Waals surface area (Å²) in [6, 6.07) is 8.10. The zero-order valence-corrected chi connectivity index (χ0v) is 17.4. The minimum absolute atomic E-state index is 0. The van der Waals surface area contributed by atoms with Crippen molar-refractivity contribution in [2.24, 2.45) is 10.9 Å². The van der Waals surface area contributed by atoms with Crippen LogP contribution in [0.15, 0.2) is 29.3 Å². The molecule has 0 spiro atoms. The molecule has 0 aliphatic carbocycles. The van der Waals surface area contributed by atoms with Crippen molar-refractivity contribution in [3.05, 3.63) is 29.8 Å². The summed E-state index contributed by atoms with van der Waals surface area (Å²) in [6.07, 6.45) is 1.26. The molecule has 136 valence electrons. The van der Waals surface area contributed by atoms with Gasteiger partial charge >= 0.3 is 0 Å². The van der Waals surface area contributed by atoms with Gasteiger partial charge in [-0.3, -0.25) is 0 Å². The maximum absolute atomic E-state index is 5.67. The summed E-state index contributed by atoms with van der Waals surface area (Å²) >= 11 is 0. The van der Waals surface area contributed by atoms with Crippen molar-refractivity contribution in [3.63, 3.8) is 0 Å². The van der Waals surface area contributed by atoms with Gasteiger partial charge < -0.3 is 20.3 Å². The van der Waals surface area contributed by atoms with Gasteiger partial charge in [0.05, 0.1) is 13.2 Å². The van der Waals surface area contributed by atoms with Gasteiger partial charge in [-0.05, 0) is 45.8 Å². The van der Waals surface area contributed by atoms with Crippen molar-refractivity contribution in [2.75, 3.05) is 39.8 Å². The van der Waals surface area contributed by atoms with Crippen molar-refractivity contribution in [1.82, 2.24) is 15.5 Å². The first kappa shape index (κ1) is 21.0. The number of likely N-dealkylation sites (tertiary alicyclic amines) is 1. The lowest BCUT2D eigenvalue weighted by Gasteiger charge is -2.15. The minimum Gasteiger partial charge on any atom is -0.494 e. The minimum atomic E-state index is 0. The second-order valence-electron chi connectivity index (χ2n) is 6.03. The maximum Gasteiger partial charge on any atom is 0.191 e. The van der Waals surface area contributed by atoms with Crippen molar-refractivity contribution < 1.29 is 4.74 Å². The Morgan fingerprint density at radius 1 is 1.29 bits per heavy atom. The Morgan fingerprint density at radius 2 is 2.08 bits per heavy atom. The quantitative estimate of drug-likeness (QED) is 0.384. The number of guanidine groups is 1. The summed E-state index contributed by atoms with van der Waals surface area (Å²) in [5, 5.41) is 6.80. The highest BCUT2D eigenvalue weighted by molar-refractivity contribution is 14.0. The van der Waals surface area contributed by atoms with Crippen LogP contribution >= 0.6 is 24.0 Å². The molecule has 0 radical (unpaired) electrons. The van der Waals surface area contributed by atoms with Crippen LogP contribution in [0.1, 0.15) is 25.8 Å². The molecule has 1 aromatic carbocycles. The molecule has 1 aromatic rings. The van der Waals surface area contributed by atoms with E-state index < -0.39 is 0 Å². The highest BCUT2D eigenvalue weighted by Gasteiger charge is 2.19. The molecule has 0 aromatic heterocycles. The summed E-state index contributed by atoms with van der Waals surface area (Å²) in [5.74, 6) is 2.51. The van der Waals surface area contributed by atoms with Crippen LogP contribution in [0.2, 0.25) is 0 Å². The summed E-state index contributed by atoms with van der Waals surface area (Å²) in [4.78, 5) is 7.09. The molecule has 24 heavy (non-hydrogen) atoms. The highest BCUT2D eigenvalue weighted by Crippen LogP contribution is 2.18. The fourth-order valence-electron chi connectivity index (χ4n) is 2.87. The van der Waals surface area contributed by atoms with Crippen molar-refractivity contribution in [2.45, 2.75) is 26.8 Å². The highest BCUT2D eigenvalue weighted by atomic mass is 127. The average Bonchev–Trinajstić information content (AvgIpc) is 2.97. The van der Waals surface area contributed by atoms with E-state index in [9.17, 15) is 0 Å². The Bertz CT molecular complexity index is 510. The number of halogens is 1. The normalized spacial score (nSPS) is 18.1. The number of ether oxygens (including phenoxy) is 1. The van der Waals surface area contributed by atoms with Gasteiger partial charge in [-0.25, -0.2) is 4.99 Å². The predicted octanol–water partition coefficient (Wildman–Crippen LogP) is 2.71. The van der Waals surface area contributed by atoms with E-state index >= 15 is 0 Å². The Labute approximate surface area is 163 Å². The standard InChI is InChI=1S/C18H30N4O.HI/c1-4-19-18(20-12-15-10-11-22(3)14-15)21-13-16-8-6-7-9-17(16)23-5-2;/h6-9,15H,4-5,10-14H2,1-3H3,(H2,19,20,21);1H. The predicted molar refractivity (Wildman–Crippen MR) is 111 cm³/mol. The van der Waals surface area contributed by atoms with Gasteiger partial charge in [0.25, 0.3) is 0 Å². The van der Waals surface area contributed by atoms with Crippen LogP contribution in [0.5, 0.6) is 5.75 Å². The van der Waals surface area contributed by atoms with E-state index in [-0.39, 0.29) is 24.0 Å². The van der Waals surface area contributed by atoms with Gasteiger partial charge in [0, 0.05) is 25.2 Å². The fraction of sp³-hybridized carbons (Fsp3) is 0.611. The van der Waals surface area contributed by atoms with Crippen LogP contribution < -0.4 is 15.4 Å². The van der Waals surface area contributed by atoms with Gasteiger partial charge in [0.1, 0.15) is 5.75 Å². The smallest absolute Gasteiger partial charge is 0.191 e. The van der Waals surface area contributed by atoms with E-state index in [1.807, 2.05) is 25.1 Å². The zero-order valence-electron chi connectivity index (χ0n) is 15.0. The van der Waals surface area contributed by atoms with Gasteiger partial charge in [-0.15, -0.1) is 24.0 Å². The van der Waals surface area contributed by atoms with Crippen LogP contribution in [-0.2, 0) is 6.54 Å². The van der Waals surface area contributed by atoms with E-state index in [1.165, 1.54) is 19.5 Å². The lowest BCUT2D eigenvalue weighted by molar-refractivity contribution is 0.336. The van der Waals surface area contributed by atoms with Gasteiger partial charge in [-0.1, -0.05) is 18.2 Å². The molecule has 1 atom stereocenters. The molecule has 1 heterocycles. The first-order valence-corrected chi connectivity index (χ1v) is 8.64. The largest absolute Gasteiger partial charge is 0.494 e. The van der Waals surface area contributed by atoms with Crippen LogP contribution in [0, 0.1) is 5.92 Å². The van der Waals surface area contributed by atoms with Crippen molar-refractivity contribution in [1.29, 1.82) is 0 Å². The maximum atomic E-state index is 5.67. The molecule has 5 nitrogen and oxygen atoms in total. The third kappa shape index (κ3) is 6.84. The van der Waals surface area contributed by atoms with Crippen LogP contribution in [0.4, 0.5) is 0 Å². The molecule has 2 N–H and O–H groups in total. The number of rotatable bonds is 7. The lowest BCUT2D eigenvalue weighted by atomic mass is 10.1. The summed E-state index contributed by atoms with van der Waals surface area (Å²) in [7, 11) is 2.18. The summed E-state index contributed by atoms with van der Waals surface area (Å²) < 4.78 is 5.67. The second-order valence-corrected chi connectivity index (χ2v) is 6.03. The zero-order chi connectivity index (χ0) is 16.5. The first-order chi connectivity index (χ1) is 11.2. The summed E-state index contributed by atoms with van der Waals surface area (Å²) in [5.41, 5.74) is 1.12. The molecule has 2 rings (SSSR count). The number of hydrogen-bond donors (Lipinski definition) is 2. The fourth-order valence-corrected chi connectivity index (χ4v) is 2.87. The van der Waals surface area contributed by atoms with E-state index in [4.69, 9.17) is 9.73 Å². The SMILES string of the molecule is CCNC(=NCc1ccccc1OCC)NCC1CCN(C)C1.I. The van der Waals surface area contributed by atoms with E-state index in [2.05, 4.69) is 35.6 Å². The molecule has 1 unspecified atom stereocenters. The molecular formula is C18H31IN4O. The van der Waals surface area contributed by atoms with Gasteiger partial charge in [-0.2, -0.15) is 0 Å². The van der Waals surface area contributed by atoms with Gasteiger partial charge in [0.15, 0.2) is 5.96 Å². The molecule has 1 fully saturated rings. The molecule has 0 saturated carbocycles. The summed E-state index contributed by atoms with van der Waals surface area (Å²) in [6.45, 7) is 9.59. The topological polar surface area (TPSA) is 48.9 Å². The number of para-hydroxylation sites is 1. The molecule has 0 amide bonds. The van der Waals surface area contributed by atoms with Crippen molar-refractivity contribution >= 4 is 29.9 Å². The first-order valence-electron chi connectivity index (χ1n) is 8.64. The number of hydrogen-bond acceptors (Lipinski definition) is 3. The second kappa shape index (κ2) is 11.5. The van der Waals surface area contributed by atoms with Gasteiger partial charge in [0.2, 0.25) is 0 Å². The molecule has 1 aliphatic heterocycles. The van der Waals surface area contributed by atoms with Crippen LogP contribution in [0.25, 0.3) is 0 Å². The Hall–Kier alpha value is -1.02. The molecule has 1 saturated heterocycles. The third-order valence-electron chi connectivity index (χ3n) is 4.07. The molecule has 1 aliphatic rings. The Morgan fingerprint density at radius 3 is 2.75 bits per heavy atom. The molecule has 0 bridgehead atoms. The third-order valence-corrected chi connectivity index (χ3v) is 4.07. The van der Waals surface area contributed by atoms with Crippen LogP contribution in [-0.4, -0.2) is 50.7 Å². The lowest BCUT2D eigenvalue weighted by Crippen LogP contribution is -2.40. The Kier molecular flexibility index (Phi) is 10.1. The van der Waals surface area contributed by atoms with E-state index in [0.717, 1.165) is 30.4 Å². The number of benzene rings is 1. The number of aliphatic imine (C=N–C) groups is 1. The van der Waals surface area contributed by atoms with Crippen LogP contribution in [0.3, 0.4) is 0 Å². The molecule has 6 heteroatoms. The monoisotopic (exact) mass is 446 g/mol. The Balaban J connectivity index is 0.00000288. The number of nitrogens with zero attached hydrogens (tertiary/aromatic N) is 2.